The second-order valence-electron chi connectivity index (χ2n) is 3.84. The Balaban J connectivity index is 2.32. The van der Waals surface area contributed by atoms with Gasteiger partial charge in [0.25, 0.3) is 6.43 Å². The number of fused-ring (bicyclic) bond motifs is 1. The van der Waals surface area contributed by atoms with Gasteiger partial charge in [-0.05, 0) is 36.6 Å². The van der Waals surface area contributed by atoms with Gasteiger partial charge in [0.1, 0.15) is 5.75 Å². The molecule has 0 bridgehead atoms. The zero-order chi connectivity index (χ0) is 12.6. The highest BCUT2D eigenvalue weighted by Gasteiger charge is 2.28. The molecule has 0 aromatic heterocycles. The summed E-state index contributed by atoms with van der Waals surface area (Å²) in [6, 6.07) is 3.98. The summed E-state index contributed by atoms with van der Waals surface area (Å²) in [6.45, 7) is 0. The zero-order valence-electron chi connectivity index (χ0n) is 8.77. The highest BCUT2D eigenvalue weighted by Crippen LogP contribution is 2.31. The van der Waals surface area contributed by atoms with Crippen molar-refractivity contribution in [2.45, 2.75) is 30.3 Å². The van der Waals surface area contributed by atoms with E-state index in [1.165, 1.54) is 18.2 Å². The Bertz CT molecular complexity index is 530. The third-order valence-corrected chi connectivity index (χ3v) is 3.53. The number of aryl methyl sites for hydroxylation is 1. The molecule has 1 heterocycles. The lowest BCUT2D eigenvalue weighted by Gasteiger charge is -2.25. The van der Waals surface area contributed by atoms with Crippen LogP contribution in [0.1, 0.15) is 12.0 Å². The molecule has 2 rings (SSSR count). The lowest BCUT2D eigenvalue weighted by molar-refractivity contribution is 0.000536. The molecule has 0 saturated carbocycles. The number of rotatable bonds is 2. The van der Waals surface area contributed by atoms with Gasteiger partial charge in [-0.3, -0.25) is 0 Å². The lowest BCUT2D eigenvalue weighted by Crippen LogP contribution is -2.29. The van der Waals surface area contributed by atoms with Gasteiger partial charge in [-0.25, -0.2) is 22.3 Å². The van der Waals surface area contributed by atoms with Crippen molar-refractivity contribution in [3.05, 3.63) is 23.8 Å². The van der Waals surface area contributed by atoms with Crippen molar-refractivity contribution < 1.29 is 21.9 Å². The standard InChI is InChI=1S/C10H11F2NO3S/c11-10(12)9-3-1-6-5-7(17(13,14)15)2-4-8(6)16-9/h2,4-5,9-10H,1,3H2,(H2,13,14,15). The van der Waals surface area contributed by atoms with Gasteiger partial charge >= 0.3 is 0 Å². The molecular formula is C10H11F2NO3S. The summed E-state index contributed by atoms with van der Waals surface area (Å²) in [6.07, 6.45) is -3.14. The SMILES string of the molecule is NS(=O)(=O)c1ccc2c(c1)CCC(C(F)F)O2. The minimum Gasteiger partial charge on any atom is -0.484 e. The number of nitrogens with two attached hydrogens (primary N) is 1. The Morgan fingerprint density at radius 3 is 2.71 bits per heavy atom. The number of benzene rings is 1. The Labute approximate surface area is 97.4 Å². The van der Waals surface area contributed by atoms with Crippen LogP contribution in [0.3, 0.4) is 0 Å². The largest absolute Gasteiger partial charge is 0.484 e. The second-order valence-corrected chi connectivity index (χ2v) is 5.41. The van der Waals surface area contributed by atoms with Crippen LogP contribution in [0.15, 0.2) is 23.1 Å². The van der Waals surface area contributed by atoms with Gasteiger partial charge < -0.3 is 4.74 Å². The zero-order valence-corrected chi connectivity index (χ0v) is 9.58. The van der Waals surface area contributed by atoms with E-state index in [4.69, 9.17) is 9.88 Å². The normalized spacial score (nSPS) is 19.9. The quantitative estimate of drug-likeness (QED) is 0.874. The molecule has 0 amide bonds. The molecule has 1 aliphatic rings. The first-order valence-corrected chi connectivity index (χ1v) is 6.53. The predicted molar refractivity (Wildman–Crippen MR) is 56.6 cm³/mol. The van der Waals surface area contributed by atoms with Crippen LogP contribution < -0.4 is 9.88 Å². The molecule has 1 unspecified atom stereocenters. The van der Waals surface area contributed by atoms with Gasteiger partial charge in [-0.15, -0.1) is 0 Å². The number of hydrogen-bond acceptors (Lipinski definition) is 3. The van der Waals surface area contributed by atoms with Crippen LogP contribution >= 0.6 is 0 Å². The average Bonchev–Trinajstić information content (AvgIpc) is 2.26. The molecule has 0 spiro atoms. The molecule has 94 valence electrons. The summed E-state index contributed by atoms with van der Waals surface area (Å²) in [5, 5.41) is 4.98. The minimum atomic E-state index is -3.77. The van der Waals surface area contributed by atoms with Crippen LogP contribution in [0.25, 0.3) is 0 Å². The summed E-state index contributed by atoms with van der Waals surface area (Å²) in [5.41, 5.74) is 0.591. The molecule has 0 aliphatic carbocycles. The van der Waals surface area contributed by atoms with E-state index < -0.39 is 22.6 Å². The van der Waals surface area contributed by atoms with Crippen molar-refractivity contribution in [3.8, 4) is 5.75 Å². The molecule has 7 heteroatoms. The van der Waals surface area contributed by atoms with Crippen molar-refractivity contribution in [2.24, 2.45) is 5.14 Å². The van der Waals surface area contributed by atoms with E-state index >= 15 is 0 Å². The molecule has 1 aromatic carbocycles. The maximum absolute atomic E-state index is 12.4. The molecule has 17 heavy (non-hydrogen) atoms. The van der Waals surface area contributed by atoms with Gasteiger partial charge in [0.05, 0.1) is 4.90 Å². The van der Waals surface area contributed by atoms with Crippen LogP contribution in [0.4, 0.5) is 8.78 Å². The van der Waals surface area contributed by atoms with Gasteiger partial charge in [0, 0.05) is 0 Å². The fraction of sp³-hybridized carbons (Fsp3) is 0.400. The first-order valence-electron chi connectivity index (χ1n) is 4.98. The number of halogens is 2. The van der Waals surface area contributed by atoms with E-state index in [-0.39, 0.29) is 11.3 Å². The van der Waals surface area contributed by atoms with Crippen LogP contribution in [0.5, 0.6) is 5.75 Å². The van der Waals surface area contributed by atoms with E-state index in [1.54, 1.807) is 0 Å². The molecule has 0 fully saturated rings. The first-order chi connectivity index (χ1) is 7.88. The topological polar surface area (TPSA) is 69.4 Å². The Morgan fingerprint density at radius 2 is 2.12 bits per heavy atom. The third kappa shape index (κ3) is 2.55. The van der Waals surface area contributed by atoms with Gasteiger partial charge in [-0.2, -0.15) is 0 Å². The highest BCUT2D eigenvalue weighted by atomic mass is 32.2. The van der Waals surface area contributed by atoms with Gasteiger partial charge in [0.15, 0.2) is 6.10 Å². The summed E-state index contributed by atoms with van der Waals surface area (Å²) < 4.78 is 52.2. The third-order valence-electron chi connectivity index (χ3n) is 2.62. The Morgan fingerprint density at radius 1 is 1.41 bits per heavy atom. The molecule has 1 atom stereocenters. The van der Waals surface area contributed by atoms with Crippen molar-refractivity contribution in [2.75, 3.05) is 0 Å². The molecule has 0 radical (unpaired) electrons. The summed E-state index contributed by atoms with van der Waals surface area (Å²) in [4.78, 5) is -0.0321. The average molecular weight is 263 g/mol. The Hall–Kier alpha value is -1.21. The molecule has 1 aliphatic heterocycles. The fourth-order valence-electron chi connectivity index (χ4n) is 1.74. The Kier molecular flexibility index (Phi) is 3.05. The summed E-state index contributed by atoms with van der Waals surface area (Å²) in [5.74, 6) is 0.300. The minimum absolute atomic E-state index is 0.0321. The second kappa shape index (κ2) is 4.23. The highest BCUT2D eigenvalue weighted by molar-refractivity contribution is 7.89. The van der Waals surface area contributed by atoms with E-state index in [9.17, 15) is 17.2 Å². The number of alkyl halides is 2. The van der Waals surface area contributed by atoms with E-state index in [0.717, 1.165) is 0 Å². The van der Waals surface area contributed by atoms with Crippen molar-refractivity contribution in [1.29, 1.82) is 0 Å². The summed E-state index contributed by atoms with van der Waals surface area (Å²) in [7, 11) is -3.77. The maximum atomic E-state index is 12.4. The summed E-state index contributed by atoms with van der Waals surface area (Å²) >= 11 is 0. The van der Waals surface area contributed by atoms with Gasteiger partial charge in [0.2, 0.25) is 10.0 Å². The lowest BCUT2D eigenvalue weighted by atomic mass is 10.0. The van der Waals surface area contributed by atoms with Crippen LogP contribution in [0.2, 0.25) is 0 Å². The van der Waals surface area contributed by atoms with Crippen molar-refractivity contribution >= 4 is 10.0 Å². The molecule has 4 nitrogen and oxygen atoms in total. The number of sulfonamides is 1. The smallest absolute Gasteiger partial charge is 0.274 e. The van der Waals surface area contributed by atoms with Gasteiger partial charge in [-0.1, -0.05) is 0 Å². The van der Waals surface area contributed by atoms with Crippen LogP contribution in [-0.4, -0.2) is 20.9 Å². The monoisotopic (exact) mass is 263 g/mol. The van der Waals surface area contributed by atoms with Crippen LogP contribution in [-0.2, 0) is 16.4 Å². The molecular weight excluding hydrogens is 252 g/mol. The number of ether oxygens (including phenoxy) is 1. The molecule has 1 aromatic rings. The number of hydrogen-bond donors (Lipinski definition) is 1. The maximum Gasteiger partial charge on any atom is 0.274 e. The van der Waals surface area contributed by atoms with E-state index in [1.807, 2.05) is 0 Å². The van der Waals surface area contributed by atoms with Crippen LogP contribution in [0, 0.1) is 0 Å². The van der Waals surface area contributed by atoms with E-state index in [0.29, 0.717) is 17.7 Å². The molecule has 0 saturated heterocycles. The van der Waals surface area contributed by atoms with E-state index in [2.05, 4.69) is 0 Å². The fourth-order valence-corrected chi connectivity index (χ4v) is 2.30. The predicted octanol–water partition coefficient (Wildman–Crippen LogP) is 1.29. The van der Waals surface area contributed by atoms with Crippen molar-refractivity contribution in [1.82, 2.24) is 0 Å². The number of primary sulfonamides is 1. The molecule has 2 N–H and O–H groups in total. The first kappa shape index (κ1) is 12.3. The van der Waals surface area contributed by atoms with Crippen molar-refractivity contribution in [3.63, 3.8) is 0 Å².